The van der Waals surface area contributed by atoms with Gasteiger partial charge in [0.15, 0.2) is 0 Å². The summed E-state index contributed by atoms with van der Waals surface area (Å²) in [5.41, 5.74) is 2.06. The number of benzene rings is 3. The number of nitrogens with one attached hydrogen (secondary N) is 1. The molecular formula is C29H33N5O3. The Morgan fingerprint density at radius 1 is 1.00 bits per heavy atom. The number of rotatable bonds is 7. The SMILES string of the molecule is CCCN(C(=O)NC)N1CC(=O)N2[C@@H](Cc3ccccc3)C(=O)N(Cc3cccc4ccccc34)C[C@@H]21. The third-order valence-electron chi connectivity index (χ3n) is 7.27. The van der Waals surface area contributed by atoms with Crippen LogP contribution in [0, 0.1) is 0 Å². The molecule has 0 bridgehead atoms. The highest BCUT2D eigenvalue weighted by atomic mass is 16.2. The molecule has 2 aliphatic rings. The van der Waals surface area contributed by atoms with Crippen LogP contribution in [0.1, 0.15) is 24.5 Å². The van der Waals surface area contributed by atoms with Gasteiger partial charge in [-0.2, -0.15) is 5.01 Å². The minimum absolute atomic E-state index is 0.0646. The largest absolute Gasteiger partial charge is 0.340 e. The Balaban J connectivity index is 1.52. The van der Waals surface area contributed by atoms with E-state index < -0.39 is 12.2 Å². The van der Waals surface area contributed by atoms with E-state index in [0.717, 1.165) is 28.3 Å². The van der Waals surface area contributed by atoms with E-state index >= 15 is 0 Å². The molecule has 3 aromatic rings. The first-order valence-electron chi connectivity index (χ1n) is 12.9. The molecule has 8 nitrogen and oxygen atoms in total. The van der Waals surface area contributed by atoms with Crippen molar-refractivity contribution < 1.29 is 14.4 Å². The summed E-state index contributed by atoms with van der Waals surface area (Å²) in [5, 5.41) is 8.39. The van der Waals surface area contributed by atoms with Crippen LogP contribution in [0.25, 0.3) is 10.8 Å². The molecule has 0 aromatic heterocycles. The van der Waals surface area contributed by atoms with Crippen molar-refractivity contribution in [2.75, 3.05) is 26.7 Å². The highest BCUT2D eigenvalue weighted by Gasteiger charge is 2.52. The highest BCUT2D eigenvalue weighted by Crippen LogP contribution is 2.31. The molecule has 3 aromatic carbocycles. The molecule has 1 N–H and O–H groups in total. The van der Waals surface area contributed by atoms with Gasteiger partial charge in [-0.05, 0) is 28.3 Å². The monoisotopic (exact) mass is 499 g/mol. The second-order valence-electron chi connectivity index (χ2n) is 9.62. The number of piperazine rings is 1. The van der Waals surface area contributed by atoms with Crippen LogP contribution in [-0.2, 0) is 22.6 Å². The van der Waals surface area contributed by atoms with Gasteiger partial charge in [0.05, 0.1) is 13.1 Å². The summed E-state index contributed by atoms with van der Waals surface area (Å²) in [5.74, 6) is -0.195. The maximum atomic E-state index is 14.0. The second kappa shape index (κ2) is 10.6. The van der Waals surface area contributed by atoms with Gasteiger partial charge in [-0.25, -0.2) is 4.79 Å². The Labute approximate surface area is 217 Å². The Hall–Kier alpha value is -3.91. The van der Waals surface area contributed by atoms with Crippen LogP contribution in [0.5, 0.6) is 0 Å². The molecule has 0 unspecified atom stereocenters. The van der Waals surface area contributed by atoms with E-state index in [2.05, 4.69) is 29.6 Å². The van der Waals surface area contributed by atoms with Crippen LogP contribution in [0.4, 0.5) is 4.79 Å². The third kappa shape index (κ3) is 4.76. The fourth-order valence-electron chi connectivity index (χ4n) is 5.55. The second-order valence-corrected chi connectivity index (χ2v) is 9.62. The highest BCUT2D eigenvalue weighted by molar-refractivity contribution is 5.92. The zero-order valence-electron chi connectivity index (χ0n) is 21.3. The minimum Gasteiger partial charge on any atom is -0.340 e. The smallest absolute Gasteiger partial charge is 0.331 e. The minimum atomic E-state index is -0.637. The zero-order chi connectivity index (χ0) is 25.9. The summed E-state index contributed by atoms with van der Waals surface area (Å²) in [6.07, 6.45) is 0.754. The fraction of sp³-hybridized carbons (Fsp3) is 0.345. The Bertz CT molecular complexity index is 1290. The van der Waals surface area contributed by atoms with Gasteiger partial charge < -0.3 is 15.1 Å². The van der Waals surface area contributed by atoms with Crippen LogP contribution in [0.2, 0.25) is 0 Å². The Morgan fingerprint density at radius 2 is 1.73 bits per heavy atom. The predicted octanol–water partition coefficient (Wildman–Crippen LogP) is 3.23. The lowest BCUT2D eigenvalue weighted by molar-refractivity contribution is -0.157. The Morgan fingerprint density at radius 3 is 2.49 bits per heavy atom. The molecule has 2 atom stereocenters. The summed E-state index contributed by atoms with van der Waals surface area (Å²) in [6, 6.07) is 23.2. The van der Waals surface area contributed by atoms with Gasteiger partial charge >= 0.3 is 6.03 Å². The number of hydrogen-bond donors (Lipinski definition) is 1. The number of nitrogens with zero attached hydrogens (tertiary/aromatic N) is 4. The van der Waals surface area contributed by atoms with Gasteiger partial charge in [0.25, 0.3) is 0 Å². The number of carbonyl (C=O) groups is 3. The molecule has 0 saturated carbocycles. The van der Waals surface area contributed by atoms with E-state index in [4.69, 9.17) is 0 Å². The number of hydrogen-bond acceptors (Lipinski definition) is 4. The summed E-state index contributed by atoms with van der Waals surface area (Å²) < 4.78 is 0. The molecule has 2 heterocycles. The van der Waals surface area contributed by atoms with Gasteiger partial charge in [0.1, 0.15) is 12.2 Å². The van der Waals surface area contributed by atoms with Crippen molar-refractivity contribution in [1.29, 1.82) is 0 Å². The number of amides is 4. The van der Waals surface area contributed by atoms with Crippen molar-refractivity contribution >= 4 is 28.6 Å². The van der Waals surface area contributed by atoms with Gasteiger partial charge in [-0.3, -0.25) is 14.6 Å². The average Bonchev–Trinajstić information content (AvgIpc) is 3.25. The molecular weight excluding hydrogens is 466 g/mol. The average molecular weight is 500 g/mol. The van der Waals surface area contributed by atoms with Crippen LogP contribution >= 0.6 is 0 Å². The van der Waals surface area contributed by atoms with Crippen LogP contribution in [-0.4, -0.2) is 76.6 Å². The van der Waals surface area contributed by atoms with Gasteiger partial charge in [-0.1, -0.05) is 79.7 Å². The zero-order valence-corrected chi connectivity index (χ0v) is 21.3. The molecule has 2 fully saturated rings. The van der Waals surface area contributed by atoms with E-state index in [-0.39, 0.29) is 24.4 Å². The van der Waals surface area contributed by atoms with Crippen LogP contribution in [0.3, 0.4) is 0 Å². The van der Waals surface area contributed by atoms with Gasteiger partial charge in [0, 0.05) is 26.6 Å². The lowest BCUT2D eigenvalue weighted by Crippen LogP contribution is -2.66. The molecule has 192 valence electrons. The lowest BCUT2D eigenvalue weighted by Gasteiger charge is -2.46. The first kappa shape index (κ1) is 24.8. The maximum absolute atomic E-state index is 14.0. The van der Waals surface area contributed by atoms with E-state index in [9.17, 15) is 14.4 Å². The van der Waals surface area contributed by atoms with Crippen molar-refractivity contribution in [3.05, 3.63) is 83.9 Å². The van der Waals surface area contributed by atoms with Crippen molar-refractivity contribution in [3.8, 4) is 0 Å². The topological polar surface area (TPSA) is 76.2 Å². The quantitative estimate of drug-likeness (QED) is 0.542. The number of urea groups is 1. The van der Waals surface area contributed by atoms with Crippen LogP contribution in [0.15, 0.2) is 72.8 Å². The molecule has 37 heavy (non-hydrogen) atoms. The number of fused-ring (bicyclic) bond motifs is 2. The van der Waals surface area contributed by atoms with Crippen molar-refractivity contribution in [3.63, 3.8) is 0 Å². The number of carbonyl (C=O) groups excluding carboxylic acids is 3. The molecule has 0 radical (unpaired) electrons. The summed E-state index contributed by atoms with van der Waals surface area (Å²) in [6.45, 7) is 3.32. The standard InChI is InChI=1S/C29H33N5O3/c1-3-16-32(29(37)30-2)33-20-27(35)34-25(17-21-10-5-4-6-11-21)28(36)31(19-26(33)34)18-23-14-9-13-22-12-7-8-15-24(22)23/h4-15,25-26H,3,16-20H2,1-2H3,(H,30,37)/t25-,26+/m0/s1. The molecule has 4 amide bonds. The van der Waals surface area contributed by atoms with Crippen LogP contribution < -0.4 is 5.32 Å². The number of hydrazine groups is 1. The van der Waals surface area contributed by atoms with E-state index in [1.165, 1.54) is 0 Å². The first-order valence-corrected chi connectivity index (χ1v) is 12.9. The van der Waals surface area contributed by atoms with Crippen molar-refractivity contribution in [2.45, 2.75) is 38.5 Å². The summed E-state index contributed by atoms with van der Waals surface area (Å²) in [7, 11) is 1.59. The first-order chi connectivity index (χ1) is 18.0. The molecule has 5 rings (SSSR count). The normalized spacial score (nSPS) is 19.8. The molecule has 0 spiro atoms. The van der Waals surface area contributed by atoms with Crippen molar-refractivity contribution in [1.82, 2.24) is 25.1 Å². The molecule has 2 saturated heterocycles. The van der Waals surface area contributed by atoms with Gasteiger partial charge in [0.2, 0.25) is 11.8 Å². The van der Waals surface area contributed by atoms with E-state index in [1.54, 1.807) is 17.0 Å². The lowest BCUT2D eigenvalue weighted by atomic mass is 9.99. The predicted molar refractivity (Wildman–Crippen MR) is 142 cm³/mol. The fourth-order valence-corrected chi connectivity index (χ4v) is 5.55. The van der Waals surface area contributed by atoms with E-state index in [1.807, 2.05) is 65.4 Å². The molecule has 8 heteroatoms. The Kier molecular flexibility index (Phi) is 7.10. The maximum Gasteiger partial charge on any atom is 0.331 e. The van der Waals surface area contributed by atoms with E-state index in [0.29, 0.717) is 26.1 Å². The third-order valence-corrected chi connectivity index (χ3v) is 7.27. The van der Waals surface area contributed by atoms with Gasteiger partial charge in [-0.15, -0.1) is 0 Å². The van der Waals surface area contributed by atoms with Crippen molar-refractivity contribution in [2.24, 2.45) is 0 Å². The molecule has 0 aliphatic carbocycles. The molecule has 2 aliphatic heterocycles. The summed E-state index contributed by atoms with van der Waals surface area (Å²) >= 11 is 0. The summed E-state index contributed by atoms with van der Waals surface area (Å²) in [4.78, 5) is 43.7.